The molecule has 0 fully saturated rings. The molecule has 0 bridgehead atoms. The Bertz CT molecular complexity index is 1380. The molecule has 0 aliphatic heterocycles. The van der Waals surface area contributed by atoms with Crippen molar-refractivity contribution in [1.82, 2.24) is 9.55 Å². The second-order valence-corrected chi connectivity index (χ2v) is 9.98. The van der Waals surface area contributed by atoms with Crippen molar-refractivity contribution < 1.29 is 85.1 Å². The Hall–Kier alpha value is -1.34. The van der Waals surface area contributed by atoms with Crippen molar-refractivity contribution in [2.24, 2.45) is 10.2 Å². The maximum absolute atomic E-state index is 11.0. The largest absolute Gasteiger partial charge is 1.00 e. The number of hydrogen-bond acceptors (Lipinski definition) is 10. The van der Waals surface area contributed by atoms with E-state index in [1.165, 1.54) is 33.7 Å². The third-order valence-electron chi connectivity index (χ3n) is 4.19. The van der Waals surface area contributed by atoms with Crippen LogP contribution in [0.15, 0.2) is 41.1 Å². The fourth-order valence-corrected chi connectivity index (χ4v) is 3.77. The van der Waals surface area contributed by atoms with E-state index in [1.807, 2.05) is 0 Å². The van der Waals surface area contributed by atoms with Gasteiger partial charge in [-0.3, -0.25) is 0 Å². The number of anilines is 1. The van der Waals surface area contributed by atoms with Crippen LogP contribution in [0, 0.1) is 13.1 Å². The zero-order chi connectivity index (χ0) is 25.5. The van der Waals surface area contributed by atoms with Crippen LogP contribution < -0.4 is 64.0 Å². The molecule has 0 atom stereocenters. The maximum atomic E-state index is 11.0. The zero-order valence-corrected chi connectivity index (χ0v) is 25.7. The molecule has 0 saturated carbocycles. The van der Waals surface area contributed by atoms with Crippen LogP contribution in [0.2, 0.25) is 5.02 Å². The fourth-order valence-electron chi connectivity index (χ4n) is 2.67. The van der Waals surface area contributed by atoms with Crippen LogP contribution in [0.3, 0.4) is 0 Å². The van der Waals surface area contributed by atoms with Crippen molar-refractivity contribution in [3.63, 3.8) is 0 Å². The molecule has 0 amide bonds. The first-order valence-electron chi connectivity index (χ1n) is 9.18. The number of allylic oxidation sites excluding steroid dienone is 1. The summed E-state index contributed by atoms with van der Waals surface area (Å²) in [5, 5.41) is 7.95. The number of imidazole rings is 1. The molecule has 0 spiro atoms. The Morgan fingerprint density at radius 1 is 1.08 bits per heavy atom. The molecule has 0 N–H and O–H groups in total. The summed E-state index contributed by atoms with van der Waals surface area (Å²) < 4.78 is 67.3. The van der Waals surface area contributed by atoms with E-state index in [2.05, 4.69) is 31.5 Å². The van der Waals surface area contributed by atoms with Crippen LogP contribution in [0.4, 0.5) is 29.0 Å². The van der Waals surface area contributed by atoms with Gasteiger partial charge in [0.2, 0.25) is 0 Å². The number of benzene rings is 1. The average molecular weight is 572 g/mol. The monoisotopic (exact) mass is 571 g/mol. The number of aromatic nitrogens is 2. The Kier molecular flexibility index (Phi) is 14.6. The standard InChI is InChI=1S/C18H18ClN7O6S2.2Na/c1-4-7-26-17(21-3)16(20-2)22-18(26)24-23-15-6-5-13(12-14(15)19)25(8-10-33(27,28)29)9-11-34(30,31)32;;/h4-6,12H,1,7-11H2,(H,27,28,29)(H,30,31,32);;/q;2*+1/p-2. The molecule has 0 aliphatic rings. The van der Waals surface area contributed by atoms with Gasteiger partial charge in [0, 0.05) is 18.8 Å². The molecule has 36 heavy (non-hydrogen) atoms. The van der Waals surface area contributed by atoms with Crippen LogP contribution in [-0.2, 0) is 26.8 Å². The van der Waals surface area contributed by atoms with Crippen molar-refractivity contribution in [1.29, 1.82) is 0 Å². The molecule has 1 heterocycles. The summed E-state index contributed by atoms with van der Waals surface area (Å²) in [6.07, 6.45) is 1.49. The Labute approximate surface area is 258 Å². The third kappa shape index (κ3) is 10.6. The van der Waals surface area contributed by atoms with Gasteiger partial charge in [-0.1, -0.05) is 47.5 Å². The summed E-state index contributed by atoms with van der Waals surface area (Å²) in [6, 6.07) is 4.13. The van der Waals surface area contributed by atoms with Crippen LogP contribution in [0.1, 0.15) is 0 Å². The molecule has 0 unspecified atom stereocenters. The summed E-state index contributed by atoms with van der Waals surface area (Å²) >= 11 is 6.23. The van der Waals surface area contributed by atoms with Crippen LogP contribution in [-0.4, -0.2) is 60.1 Å². The van der Waals surface area contributed by atoms with E-state index in [4.69, 9.17) is 24.7 Å². The summed E-state index contributed by atoms with van der Waals surface area (Å²) in [6.45, 7) is 17.4. The van der Waals surface area contributed by atoms with Gasteiger partial charge in [0.15, 0.2) is 0 Å². The molecular weight excluding hydrogens is 556 g/mol. The van der Waals surface area contributed by atoms with Gasteiger partial charge in [0.25, 0.3) is 11.6 Å². The van der Waals surface area contributed by atoms with Crippen molar-refractivity contribution >= 4 is 60.8 Å². The summed E-state index contributed by atoms with van der Waals surface area (Å²) in [5.41, 5.74) is 0.384. The third-order valence-corrected chi connectivity index (χ3v) is 5.86. The van der Waals surface area contributed by atoms with E-state index in [0.717, 1.165) is 0 Å². The summed E-state index contributed by atoms with van der Waals surface area (Å²) in [7, 11) is -9.20. The Balaban J connectivity index is 0.00000612. The predicted molar refractivity (Wildman–Crippen MR) is 122 cm³/mol. The quantitative estimate of drug-likeness (QED) is 0.0912. The molecule has 0 aliphatic carbocycles. The Morgan fingerprint density at radius 3 is 2.11 bits per heavy atom. The number of azo groups is 1. The van der Waals surface area contributed by atoms with E-state index in [0.29, 0.717) is 0 Å². The number of nitrogens with zero attached hydrogens (tertiary/aromatic N) is 7. The van der Waals surface area contributed by atoms with Gasteiger partial charge in [-0.2, -0.15) is 0 Å². The van der Waals surface area contributed by atoms with E-state index >= 15 is 0 Å². The van der Waals surface area contributed by atoms with Crippen molar-refractivity contribution in [2.45, 2.75) is 6.54 Å². The van der Waals surface area contributed by atoms with Crippen molar-refractivity contribution in [3.8, 4) is 0 Å². The first-order chi connectivity index (χ1) is 15.9. The first kappa shape index (κ1) is 34.7. The normalized spacial score (nSPS) is 11.1. The fraction of sp³-hybridized carbons (Fsp3) is 0.278. The van der Waals surface area contributed by atoms with Gasteiger partial charge < -0.3 is 23.7 Å². The molecule has 0 saturated heterocycles. The molecular formula is C18H16ClN7Na2O6S2. The zero-order valence-electron chi connectivity index (χ0n) is 19.3. The SMILES string of the molecule is [C-]#[N+]c1nc(N=Nc2ccc(N(CCS(=O)(=O)[O-])CCS(=O)(=O)[O-])cc2Cl)n(CC=C)c1[N+]#[C-].[Na+].[Na+]. The smallest absolute Gasteiger partial charge is 0.748 e. The molecule has 2 rings (SSSR count). The van der Waals surface area contributed by atoms with Gasteiger partial charge in [0.05, 0.1) is 43.3 Å². The molecule has 1 aromatic carbocycles. The van der Waals surface area contributed by atoms with Gasteiger partial charge in [-0.05, 0) is 18.2 Å². The summed E-state index contributed by atoms with van der Waals surface area (Å²) in [5.74, 6) is -1.83. The maximum Gasteiger partial charge on any atom is 1.00 e. The van der Waals surface area contributed by atoms with Gasteiger partial charge >= 0.3 is 65.1 Å². The van der Waals surface area contributed by atoms with Crippen LogP contribution in [0.5, 0.6) is 0 Å². The predicted octanol–water partition coefficient (Wildman–Crippen LogP) is -2.86. The van der Waals surface area contributed by atoms with Crippen molar-refractivity contribution in [3.05, 3.63) is 58.7 Å². The summed E-state index contributed by atoms with van der Waals surface area (Å²) in [4.78, 5) is 11.7. The molecule has 180 valence electrons. The van der Waals surface area contributed by atoms with E-state index in [-0.39, 0.29) is 113 Å². The minimum Gasteiger partial charge on any atom is -0.748 e. The Morgan fingerprint density at radius 2 is 1.67 bits per heavy atom. The van der Waals surface area contributed by atoms with Gasteiger partial charge in [-0.25, -0.2) is 21.4 Å². The van der Waals surface area contributed by atoms with E-state index in [9.17, 15) is 25.9 Å². The molecule has 13 nitrogen and oxygen atoms in total. The topological polar surface area (TPSA) is 169 Å². The van der Waals surface area contributed by atoms with Crippen LogP contribution >= 0.6 is 11.6 Å². The van der Waals surface area contributed by atoms with E-state index < -0.39 is 31.7 Å². The van der Waals surface area contributed by atoms with Gasteiger partial charge in [0.1, 0.15) is 5.69 Å². The van der Waals surface area contributed by atoms with E-state index in [1.54, 1.807) is 0 Å². The van der Waals surface area contributed by atoms with Crippen LogP contribution in [0.25, 0.3) is 9.69 Å². The number of rotatable bonds is 11. The molecule has 2 aromatic rings. The number of halogens is 1. The minimum atomic E-state index is -4.60. The minimum absolute atomic E-state index is 0. The molecule has 0 radical (unpaired) electrons. The average Bonchev–Trinajstić information content (AvgIpc) is 3.08. The molecule has 1 aromatic heterocycles. The first-order valence-corrected chi connectivity index (χ1v) is 12.7. The van der Waals surface area contributed by atoms with Crippen molar-refractivity contribution in [2.75, 3.05) is 29.5 Å². The second-order valence-electron chi connectivity index (χ2n) is 6.53. The second kappa shape index (κ2) is 15.2. The molecule has 18 heteroatoms. The number of hydrogen-bond donors (Lipinski definition) is 0. The van der Waals surface area contributed by atoms with Gasteiger partial charge in [-0.15, -0.1) is 5.11 Å².